The molecule has 0 heterocycles. The van der Waals surface area contributed by atoms with Crippen molar-refractivity contribution >= 4 is 33.5 Å². The molecule has 0 aromatic heterocycles. The molecule has 0 bridgehead atoms. The summed E-state index contributed by atoms with van der Waals surface area (Å²) >= 11 is 3.18. The number of carbonyl (C=O) groups is 2. The van der Waals surface area contributed by atoms with Gasteiger partial charge in [-0.25, -0.2) is 4.79 Å². The summed E-state index contributed by atoms with van der Waals surface area (Å²) in [4.78, 5) is 22.4. The van der Waals surface area contributed by atoms with Gasteiger partial charge in [0.15, 0.2) is 0 Å². The number of rotatable bonds is 5. The molecule has 0 unspecified atom stereocenters. The monoisotopic (exact) mass is 297 g/mol. The van der Waals surface area contributed by atoms with Gasteiger partial charge >= 0.3 is 5.97 Å². The highest BCUT2D eigenvalue weighted by molar-refractivity contribution is 9.10. The molecule has 4 nitrogen and oxygen atoms in total. The van der Waals surface area contributed by atoms with Crippen molar-refractivity contribution in [1.82, 2.24) is 0 Å². The van der Waals surface area contributed by atoms with Crippen LogP contribution in [0.5, 0.6) is 0 Å². The van der Waals surface area contributed by atoms with Crippen molar-refractivity contribution < 1.29 is 14.7 Å². The lowest BCUT2D eigenvalue weighted by atomic mass is 10.1. The Bertz CT molecular complexity index is 457. The van der Waals surface area contributed by atoms with Crippen molar-refractivity contribution in [3.8, 4) is 0 Å². The maximum absolute atomic E-state index is 11.5. The SMILES string of the molecule is C=CCCC(=O)Nc1ccc(Br)cc1C(=O)O. The lowest BCUT2D eigenvalue weighted by Crippen LogP contribution is -2.14. The molecule has 0 radical (unpaired) electrons. The second-order valence-corrected chi connectivity index (χ2v) is 4.29. The quantitative estimate of drug-likeness (QED) is 0.821. The number of amides is 1. The van der Waals surface area contributed by atoms with Crippen molar-refractivity contribution in [3.63, 3.8) is 0 Å². The summed E-state index contributed by atoms with van der Waals surface area (Å²) in [6.45, 7) is 3.52. The van der Waals surface area contributed by atoms with E-state index in [1.165, 1.54) is 6.07 Å². The minimum absolute atomic E-state index is 0.0614. The first-order valence-electron chi connectivity index (χ1n) is 4.98. The molecule has 0 aliphatic carbocycles. The number of carbonyl (C=O) groups excluding carboxylic acids is 1. The van der Waals surface area contributed by atoms with Crippen LogP contribution in [-0.4, -0.2) is 17.0 Å². The van der Waals surface area contributed by atoms with Gasteiger partial charge < -0.3 is 10.4 Å². The van der Waals surface area contributed by atoms with E-state index < -0.39 is 5.97 Å². The third-order valence-electron chi connectivity index (χ3n) is 2.06. The Morgan fingerprint density at radius 3 is 2.76 bits per heavy atom. The van der Waals surface area contributed by atoms with E-state index in [0.717, 1.165) is 0 Å². The largest absolute Gasteiger partial charge is 0.478 e. The molecule has 17 heavy (non-hydrogen) atoms. The van der Waals surface area contributed by atoms with Crippen LogP contribution in [-0.2, 0) is 4.79 Å². The molecule has 0 saturated heterocycles. The zero-order valence-electron chi connectivity index (χ0n) is 9.07. The first-order valence-corrected chi connectivity index (χ1v) is 5.77. The summed E-state index contributed by atoms with van der Waals surface area (Å²) in [5.41, 5.74) is 0.362. The van der Waals surface area contributed by atoms with E-state index in [1.807, 2.05) is 0 Å². The third kappa shape index (κ3) is 4.03. The Morgan fingerprint density at radius 2 is 2.18 bits per heavy atom. The van der Waals surface area contributed by atoms with Gasteiger partial charge in [0.1, 0.15) is 0 Å². The van der Waals surface area contributed by atoms with Crippen LogP contribution in [0.1, 0.15) is 23.2 Å². The van der Waals surface area contributed by atoms with Gasteiger partial charge in [0.05, 0.1) is 11.3 Å². The third-order valence-corrected chi connectivity index (χ3v) is 2.55. The van der Waals surface area contributed by atoms with Crippen LogP contribution >= 0.6 is 15.9 Å². The standard InChI is InChI=1S/C12H12BrNO3/c1-2-3-4-11(15)14-10-6-5-8(13)7-9(10)12(16)17/h2,5-7H,1,3-4H2,(H,14,15)(H,16,17). The predicted molar refractivity (Wildman–Crippen MR) is 69.2 cm³/mol. The zero-order chi connectivity index (χ0) is 12.8. The van der Waals surface area contributed by atoms with Crippen LogP contribution < -0.4 is 5.32 Å². The summed E-state index contributed by atoms with van der Waals surface area (Å²) in [5.74, 6) is -1.31. The zero-order valence-corrected chi connectivity index (χ0v) is 10.7. The van der Waals surface area contributed by atoms with Crippen LogP contribution in [0.2, 0.25) is 0 Å². The van der Waals surface area contributed by atoms with Gasteiger partial charge in [0.25, 0.3) is 0 Å². The summed E-state index contributed by atoms with van der Waals surface area (Å²) < 4.78 is 0.652. The van der Waals surface area contributed by atoms with Gasteiger partial charge in [-0.2, -0.15) is 0 Å². The van der Waals surface area contributed by atoms with Crippen molar-refractivity contribution in [1.29, 1.82) is 0 Å². The van der Waals surface area contributed by atoms with Crippen LogP contribution in [0.4, 0.5) is 5.69 Å². The van der Waals surface area contributed by atoms with Crippen molar-refractivity contribution in [2.75, 3.05) is 5.32 Å². The lowest BCUT2D eigenvalue weighted by Gasteiger charge is -2.08. The number of aromatic carboxylic acids is 1. The fourth-order valence-electron chi connectivity index (χ4n) is 1.25. The van der Waals surface area contributed by atoms with Crippen LogP contribution in [0.15, 0.2) is 35.3 Å². The normalized spacial score (nSPS) is 9.71. The fourth-order valence-corrected chi connectivity index (χ4v) is 1.61. The number of carboxylic acid groups (broad SMARTS) is 1. The Morgan fingerprint density at radius 1 is 1.47 bits per heavy atom. The van der Waals surface area contributed by atoms with Crippen molar-refractivity contribution in [3.05, 3.63) is 40.9 Å². The van der Waals surface area contributed by atoms with Crippen molar-refractivity contribution in [2.45, 2.75) is 12.8 Å². The number of anilines is 1. The number of hydrogen-bond acceptors (Lipinski definition) is 2. The smallest absolute Gasteiger partial charge is 0.337 e. The highest BCUT2D eigenvalue weighted by atomic mass is 79.9. The number of nitrogens with one attached hydrogen (secondary N) is 1. The summed E-state index contributed by atoms with van der Waals surface area (Å²) in [6.07, 6.45) is 2.49. The van der Waals surface area contributed by atoms with E-state index >= 15 is 0 Å². The molecule has 1 aromatic carbocycles. The predicted octanol–water partition coefficient (Wildman–Crippen LogP) is 3.05. The van der Waals surface area contributed by atoms with Gasteiger partial charge in [-0.1, -0.05) is 22.0 Å². The molecule has 1 amide bonds. The van der Waals surface area contributed by atoms with Crippen LogP contribution in [0, 0.1) is 0 Å². The maximum atomic E-state index is 11.5. The molecular weight excluding hydrogens is 286 g/mol. The molecule has 0 aliphatic rings. The second-order valence-electron chi connectivity index (χ2n) is 3.37. The topological polar surface area (TPSA) is 66.4 Å². The van der Waals surface area contributed by atoms with Gasteiger partial charge in [-0.15, -0.1) is 6.58 Å². The first kappa shape index (κ1) is 13.4. The van der Waals surface area contributed by atoms with E-state index in [1.54, 1.807) is 18.2 Å². The lowest BCUT2D eigenvalue weighted by molar-refractivity contribution is -0.116. The number of carboxylic acids is 1. The van der Waals surface area contributed by atoms with Crippen molar-refractivity contribution in [2.24, 2.45) is 0 Å². The van der Waals surface area contributed by atoms with E-state index in [-0.39, 0.29) is 11.5 Å². The number of hydrogen-bond donors (Lipinski definition) is 2. The Kier molecular flexibility index (Phi) is 4.90. The first-order chi connectivity index (χ1) is 8.04. The molecule has 0 spiro atoms. The molecule has 5 heteroatoms. The number of benzene rings is 1. The van der Waals surface area contributed by atoms with Crippen LogP contribution in [0.25, 0.3) is 0 Å². The maximum Gasteiger partial charge on any atom is 0.337 e. The fraction of sp³-hybridized carbons (Fsp3) is 0.167. The molecule has 90 valence electrons. The van der Waals surface area contributed by atoms with Gasteiger partial charge in [-0.3, -0.25) is 4.79 Å². The molecule has 2 N–H and O–H groups in total. The molecule has 0 aliphatic heterocycles. The van der Waals surface area contributed by atoms with E-state index in [9.17, 15) is 9.59 Å². The Balaban J connectivity index is 2.86. The summed E-state index contributed by atoms with van der Waals surface area (Å²) in [6, 6.07) is 4.68. The van der Waals surface area contributed by atoms with Crippen LogP contribution in [0.3, 0.4) is 0 Å². The summed E-state index contributed by atoms with van der Waals surface area (Å²) in [5, 5.41) is 11.6. The number of allylic oxidation sites excluding steroid dienone is 1. The average molecular weight is 298 g/mol. The molecule has 0 fully saturated rings. The summed E-state index contributed by atoms with van der Waals surface area (Å²) in [7, 11) is 0. The molecule has 1 rings (SSSR count). The molecular formula is C12H12BrNO3. The average Bonchev–Trinajstić information content (AvgIpc) is 2.28. The highest BCUT2D eigenvalue weighted by Crippen LogP contribution is 2.21. The molecule has 1 aromatic rings. The van der Waals surface area contributed by atoms with Gasteiger partial charge in [0.2, 0.25) is 5.91 Å². The van der Waals surface area contributed by atoms with Gasteiger partial charge in [0, 0.05) is 10.9 Å². The molecule has 0 atom stereocenters. The van der Waals surface area contributed by atoms with E-state index in [2.05, 4.69) is 27.8 Å². The minimum atomic E-state index is -1.08. The minimum Gasteiger partial charge on any atom is -0.478 e. The Labute approximate surface area is 107 Å². The van der Waals surface area contributed by atoms with E-state index in [4.69, 9.17) is 5.11 Å². The Hall–Kier alpha value is -1.62. The second kappa shape index (κ2) is 6.20. The van der Waals surface area contributed by atoms with E-state index in [0.29, 0.717) is 23.0 Å². The highest BCUT2D eigenvalue weighted by Gasteiger charge is 2.12. The van der Waals surface area contributed by atoms with Gasteiger partial charge in [-0.05, 0) is 24.6 Å². The molecule has 0 saturated carbocycles. The number of halogens is 1.